The first-order chi connectivity index (χ1) is 46.5. The number of carbonyl (C=O) groups is 4. The number of rotatable bonds is 77. The Labute approximate surface area is 588 Å². The maximum absolute atomic E-state index is 13.1. The highest BCUT2D eigenvalue weighted by molar-refractivity contribution is 7.47. The largest absolute Gasteiger partial charge is 0.472 e. The zero-order valence-electron chi connectivity index (χ0n) is 62.5. The van der Waals surface area contributed by atoms with Crippen LogP contribution in [0.4, 0.5) is 0 Å². The van der Waals surface area contributed by atoms with Gasteiger partial charge in [-0.25, -0.2) is 9.13 Å². The summed E-state index contributed by atoms with van der Waals surface area (Å²) in [6.07, 6.45) is 59.5. The average Bonchev–Trinajstić information content (AvgIpc) is 1.52. The Balaban J connectivity index is 5.24. The molecule has 5 atom stereocenters. The molecule has 0 radical (unpaired) electrons. The summed E-state index contributed by atoms with van der Waals surface area (Å²) in [6, 6.07) is 0. The van der Waals surface area contributed by atoms with E-state index in [4.69, 9.17) is 37.0 Å². The predicted octanol–water partition coefficient (Wildman–Crippen LogP) is 22.9. The van der Waals surface area contributed by atoms with Crippen LogP contribution in [-0.2, 0) is 65.4 Å². The molecule has 0 aliphatic heterocycles. The highest BCUT2D eigenvalue weighted by Crippen LogP contribution is 2.45. The highest BCUT2D eigenvalue weighted by Gasteiger charge is 2.30. The lowest BCUT2D eigenvalue weighted by molar-refractivity contribution is -0.161. The Morgan fingerprint density at radius 1 is 0.281 bits per heavy atom. The molecule has 0 fully saturated rings. The fourth-order valence-corrected chi connectivity index (χ4v) is 13.5. The minimum Gasteiger partial charge on any atom is -0.462 e. The number of aliphatic hydroxyl groups excluding tert-OH is 1. The van der Waals surface area contributed by atoms with E-state index >= 15 is 0 Å². The van der Waals surface area contributed by atoms with Gasteiger partial charge in [-0.3, -0.25) is 37.3 Å². The Kier molecular flexibility index (Phi) is 68.7. The second-order valence-electron chi connectivity index (χ2n) is 28.2. The molecule has 0 heterocycles. The number of hydrogen-bond donors (Lipinski definition) is 3. The Hall–Kier alpha value is -1.94. The third kappa shape index (κ3) is 70.5. The van der Waals surface area contributed by atoms with Gasteiger partial charge in [0, 0.05) is 25.7 Å². The summed E-state index contributed by atoms with van der Waals surface area (Å²) in [6.45, 7) is 7.32. The van der Waals surface area contributed by atoms with Crippen molar-refractivity contribution < 1.29 is 80.2 Å². The Morgan fingerprint density at radius 2 is 0.479 bits per heavy atom. The van der Waals surface area contributed by atoms with E-state index < -0.39 is 97.5 Å². The monoisotopic (exact) mass is 1410 g/mol. The maximum Gasteiger partial charge on any atom is 0.472 e. The summed E-state index contributed by atoms with van der Waals surface area (Å²) in [5.41, 5.74) is 0. The molecule has 0 rings (SSSR count). The van der Waals surface area contributed by atoms with Crippen LogP contribution in [0.1, 0.15) is 407 Å². The van der Waals surface area contributed by atoms with Crippen molar-refractivity contribution >= 4 is 39.5 Å². The minimum atomic E-state index is -4.96. The standard InChI is InChI=1S/C77H150O17P2/c1-6-9-12-15-18-21-24-26-27-28-29-32-38-43-48-53-58-63-77(82)94-73(67-88-75(80)61-56-51-46-41-37-33-30-31-35-39-44-49-54-59-70(4)5)69-92-96(85,86)90-65-71(78)64-89-95(83,84)91-68-72(66-87-74(79)60-55-50-45-40-34-23-20-17-14-11-8-3)93-76(81)62-57-52-47-42-36-25-22-19-16-13-10-7-2/h70-73,78H,6-69H2,1-5H3,(H,83,84)(H,85,86)/t71-,72+,73+/m0/s1. The molecule has 19 heteroatoms. The van der Waals surface area contributed by atoms with Crippen LogP contribution in [0.3, 0.4) is 0 Å². The van der Waals surface area contributed by atoms with Gasteiger partial charge in [-0.15, -0.1) is 0 Å². The van der Waals surface area contributed by atoms with Gasteiger partial charge in [0.15, 0.2) is 12.2 Å². The number of phosphoric acid groups is 2. The van der Waals surface area contributed by atoms with E-state index in [9.17, 15) is 43.2 Å². The van der Waals surface area contributed by atoms with Crippen LogP contribution in [0.25, 0.3) is 0 Å². The first-order valence-electron chi connectivity index (χ1n) is 40.1. The van der Waals surface area contributed by atoms with Crippen LogP contribution in [0.15, 0.2) is 0 Å². The van der Waals surface area contributed by atoms with Crippen molar-refractivity contribution in [1.29, 1.82) is 0 Å². The molecule has 0 aromatic heterocycles. The molecule has 0 aliphatic carbocycles. The van der Waals surface area contributed by atoms with Crippen molar-refractivity contribution in [2.45, 2.75) is 425 Å². The number of hydrogen-bond acceptors (Lipinski definition) is 15. The molecule has 0 saturated heterocycles. The van der Waals surface area contributed by atoms with E-state index in [2.05, 4.69) is 34.6 Å². The van der Waals surface area contributed by atoms with Crippen LogP contribution in [0.2, 0.25) is 0 Å². The van der Waals surface area contributed by atoms with Crippen molar-refractivity contribution in [2.75, 3.05) is 39.6 Å². The summed E-state index contributed by atoms with van der Waals surface area (Å²) in [5.74, 6) is -1.32. The van der Waals surface area contributed by atoms with Gasteiger partial charge in [-0.1, -0.05) is 356 Å². The molecule has 96 heavy (non-hydrogen) atoms. The number of ether oxygens (including phenoxy) is 4. The molecule has 0 amide bonds. The summed E-state index contributed by atoms with van der Waals surface area (Å²) in [4.78, 5) is 72.9. The van der Waals surface area contributed by atoms with E-state index in [1.165, 1.54) is 231 Å². The quantitative estimate of drug-likeness (QED) is 0.0222. The molecule has 0 spiro atoms. The zero-order valence-corrected chi connectivity index (χ0v) is 64.3. The number of carbonyl (C=O) groups excluding carboxylic acids is 4. The van der Waals surface area contributed by atoms with E-state index in [1.807, 2.05) is 0 Å². The van der Waals surface area contributed by atoms with Crippen LogP contribution >= 0.6 is 15.6 Å². The Bertz CT molecular complexity index is 1840. The van der Waals surface area contributed by atoms with Crippen LogP contribution in [0, 0.1) is 5.92 Å². The van der Waals surface area contributed by atoms with E-state index in [-0.39, 0.29) is 25.7 Å². The van der Waals surface area contributed by atoms with Crippen LogP contribution in [-0.4, -0.2) is 96.7 Å². The number of aliphatic hydroxyl groups is 1. The summed E-state index contributed by atoms with van der Waals surface area (Å²) in [5, 5.41) is 10.6. The van der Waals surface area contributed by atoms with Crippen molar-refractivity contribution in [1.82, 2.24) is 0 Å². The van der Waals surface area contributed by atoms with Gasteiger partial charge >= 0.3 is 39.5 Å². The minimum absolute atomic E-state index is 0.108. The summed E-state index contributed by atoms with van der Waals surface area (Å²) < 4.78 is 68.6. The molecule has 0 saturated carbocycles. The zero-order chi connectivity index (χ0) is 70.5. The lowest BCUT2D eigenvalue weighted by Crippen LogP contribution is -2.30. The Morgan fingerprint density at radius 3 is 0.708 bits per heavy atom. The van der Waals surface area contributed by atoms with Gasteiger partial charge in [0.25, 0.3) is 0 Å². The van der Waals surface area contributed by atoms with Crippen LogP contribution < -0.4 is 0 Å². The second-order valence-corrected chi connectivity index (χ2v) is 31.1. The average molecular weight is 1410 g/mol. The molecule has 2 unspecified atom stereocenters. The van der Waals surface area contributed by atoms with Gasteiger partial charge in [0.05, 0.1) is 26.4 Å². The SMILES string of the molecule is CCCCCCCCCCCCCCCCCCCC(=O)O[C@H](COC(=O)CCCCCCCCCCCCCCCC(C)C)COP(=O)(O)OC[C@@H](O)COP(=O)(O)OC[C@@H](COC(=O)CCCCCCCCCCCCC)OC(=O)CCCCCCCCCCCCCC. The molecular formula is C77H150O17P2. The predicted molar refractivity (Wildman–Crippen MR) is 391 cm³/mol. The van der Waals surface area contributed by atoms with Crippen molar-refractivity contribution in [3.05, 3.63) is 0 Å². The van der Waals surface area contributed by atoms with Gasteiger partial charge in [-0.05, 0) is 31.6 Å². The van der Waals surface area contributed by atoms with Gasteiger partial charge in [0.2, 0.25) is 0 Å². The fourth-order valence-electron chi connectivity index (χ4n) is 11.9. The number of phosphoric ester groups is 2. The lowest BCUT2D eigenvalue weighted by atomic mass is 10.0. The molecule has 17 nitrogen and oxygen atoms in total. The molecule has 3 N–H and O–H groups in total. The van der Waals surface area contributed by atoms with Gasteiger partial charge in [0.1, 0.15) is 19.3 Å². The molecular weight excluding hydrogens is 1260 g/mol. The first-order valence-corrected chi connectivity index (χ1v) is 43.1. The van der Waals surface area contributed by atoms with Crippen molar-refractivity contribution in [2.24, 2.45) is 5.92 Å². The van der Waals surface area contributed by atoms with Crippen molar-refractivity contribution in [3.8, 4) is 0 Å². The topological polar surface area (TPSA) is 237 Å². The third-order valence-corrected chi connectivity index (χ3v) is 19.9. The molecule has 0 bridgehead atoms. The third-order valence-electron chi connectivity index (χ3n) is 18.0. The fraction of sp³-hybridized carbons (Fsp3) is 0.948. The van der Waals surface area contributed by atoms with E-state index in [0.717, 1.165) is 95.8 Å². The molecule has 0 aliphatic rings. The summed E-state index contributed by atoms with van der Waals surface area (Å²) in [7, 11) is -9.91. The highest BCUT2D eigenvalue weighted by atomic mass is 31.2. The number of esters is 4. The van der Waals surface area contributed by atoms with Crippen molar-refractivity contribution in [3.63, 3.8) is 0 Å². The van der Waals surface area contributed by atoms with Crippen LogP contribution in [0.5, 0.6) is 0 Å². The summed E-state index contributed by atoms with van der Waals surface area (Å²) >= 11 is 0. The molecule has 0 aromatic carbocycles. The van der Waals surface area contributed by atoms with E-state index in [1.54, 1.807) is 0 Å². The molecule has 570 valence electrons. The first kappa shape index (κ1) is 94.1. The normalized spacial score (nSPS) is 13.9. The van der Waals surface area contributed by atoms with Gasteiger partial charge in [-0.2, -0.15) is 0 Å². The smallest absolute Gasteiger partial charge is 0.462 e. The van der Waals surface area contributed by atoms with Gasteiger partial charge < -0.3 is 33.8 Å². The lowest BCUT2D eigenvalue weighted by Gasteiger charge is -2.21. The maximum atomic E-state index is 13.1. The molecule has 0 aromatic rings. The number of unbranched alkanes of at least 4 members (excludes halogenated alkanes) is 49. The van der Waals surface area contributed by atoms with E-state index in [0.29, 0.717) is 25.7 Å². The second kappa shape index (κ2) is 70.1.